The van der Waals surface area contributed by atoms with Crippen LogP contribution in [-0.4, -0.2) is 39.7 Å². The second-order valence-electron chi connectivity index (χ2n) is 13.5. The predicted molar refractivity (Wildman–Crippen MR) is 191 cm³/mol. The van der Waals surface area contributed by atoms with E-state index < -0.39 is 18.0 Å². The van der Waals surface area contributed by atoms with E-state index in [0.717, 1.165) is 21.8 Å². The fraction of sp³-hybridized carbons (Fsp3) is 0.316. The van der Waals surface area contributed by atoms with Crippen LogP contribution < -0.4 is 20.4 Å². The Balaban J connectivity index is 1.31. The molecule has 0 aliphatic carbocycles. The number of anilines is 1. The number of thiazole rings is 1. The van der Waals surface area contributed by atoms with E-state index in [9.17, 15) is 19.5 Å². The lowest BCUT2D eigenvalue weighted by Gasteiger charge is -2.19. The Morgan fingerprint density at radius 3 is 2.20 bits per heavy atom. The van der Waals surface area contributed by atoms with Crippen LogP contribution in [0, 0.1) is 6.92 Å². The van der Waals surface area contributed by atoms with E-state index in [-0.39, 0.29) is 36.1 Å². The molecular formula is C38H44N5O5S+. The molecule has 256 valence electrons. The van der Waals surface area contributed by atoms with Gasteiger partial charge in [0.1, 0.15) is 30.7 Å². The van der Waals surface area contributed by atoms with Crippen molar-refractivity contribution in [3.63, 3.8) is 0 Å². The molecule has 0 fully saturated rings. The van der Waals surface area contributed by atoms with E-state index in [1.807, 2.05) is 6.20 Å². The maximum Gasteiger partial charge on any atom is 0.346 e. The number of phenols is 1. The summed E-state index contributed by atoms with van der Waals surface area (Å²) in [5.74, 6) is -0.700. The van der Waals surface area contributed by atoms with Crippen molar-refractivity contribution in [3.8, 4) is 5.75 Å². The number of carbonyl (C=O) groups is 3. The lowest BCUT2D eigenvalue weighted by molar-refractivity contribution is -0.506. The Labute approximate surface area is 290 Å². The predicted octanol–water partition coefficient (Wildman–Crippen LogP) is 6.26. The molecule has 2 heterocycles. The van der Waals surface area contributed by atoms with Crippen LogP contribution in [0.5, 0.6) is 5.75 Å². The van der Waals surface area contributed by atoms with Gasteiger partial charge in [-0.3, -0.25) is 4.79 Å². The zero-order valence-electron chi connectivity index (χ0n) is 28.7. The highest BCUT2D eigenvalue weighted by Crippen LogP contribution is 2.24. The van der Waals surface area contributed by atoms with E-state index in [4.69, 9.17) is 4.74 Å². The molecule has 3 aromatic carbocycles. The molecule has 0 aliphatic rings. The quantitative estimate of drug-likeness (QED) is 0.0967. The van der Waals surface area contributed by atoms with E-state index >= 15 is 0 Å². The molecule has 0 spiro atoms. The third-order valence-corrected chi connectivity index (χ3v) is 9.02. The number of urea groups is 1. The Morgan fingerprint density at radius 2 is 1.57 bits per heavy atom. The number of benzene rings is 3. The maximum absolute atomic E-state index is 13.7. The number of carbonyl (C=O) groups excluding carboxylic acids is 3. The average molecular weight is 683 g/mol. The number of hydrogen-bond donors (Lipinski definition) is 4. The van der Waals surface area contributed by atoms with Gasteiger partial charge in [0, 0.05) is 17.0 Å². The van der Waals surface area contributed by atoms with Gasteiger partial charge in [0.25, 0.3) is 0 Å². The van der Waals surface area contributed by atoms with Crippen molar-refractivity contribution in [1.82, 2.24) is 15.2 Å². The molecule has 5 rings (SSSR count). The molecule has 2 aromatic heterocycles. The summed E-state index contributed by atoms with van der Waals surface area (Å²) >= 11 is 1.69. The number of nitrogens with one attached hydrogen (secondary N) is 3. The molecule has 4 N–H and O–H groups in total. The number of hydrogen-bond acceptors (Lipinski definition) is 6. The summed E-state index contributed by atoms with van der Waals surface area (Å²) in [6.45, 7) is 13.1. The van der Waals surface area contributed by atoms with Crippen molar-refractivity contribution >= 4 is 39.9 Å². The lowest BCUT2D eigenvalue weighted by atomic mass is 9.87. The van der Waals surface area contributed by atoms with Gasteiger partial charge in [-0.1, -0.05) is 68.5 Å². The Kier molecular flexibility index (Phi) is 10.7. The molecule has 0 unspecified atom stereocenters. The molecule has 0 aliphatic heterocycles. The minimum Gasteiger partial charge on any atom is -0.508 e. The third kappa shape index (κ3) is 9.26. The standard InChI is InChI=1S/C38H43N5O5S/c1-24(2)48-35(46)28-11-15-30(16-12-28)40-36(47)41-33(19-26-9-17-32(44)18-10-26)34(45)39-20-31-23-42-21-25(3)49-37(42)43(31)22-27-7-13-29(14-8-27)38(4,5)6/h7-18,21,23-24,33H,19-20,22H2,1-6H3,(H3-,39,40,41,44,45,46,47)/p+1/t33-/m0/s1. The summed E-state index contributed by atoms with van der Waals surface area (Å²) in [5.41, 5.74) is 4.97. The number of aryl methyl sites for hydroxylation is 1. The van der Waals surface area contributed by atoms with Gasteiger partial charge in [0.15, 0.2) is 5.69 Å². The summed E-state index contributed by atoms with van der Waals surface area (Å²) in [7, 11) is 0. The number of nitrogens with zero attached hydrogens (tertiary/aromatic N) is 2. The molecule has 10 nitrogen and oxygen atoms in total. The minimum absolute atomic E-state index is 0.0602. The first-order chi connectivity index (χ1) is 23.2. The Hall–Kier alpha value is -5.16. The molecule has 3 amide bonds. The minimum atomic E-state index is -0.922. The fourth-order valence-electron chi connectivity index (χ4n) is 5.39. The first kappa shape index (κ1) is 35.2. The van der Waals surface area contributed by atoms with Crippen molar-refractivity contribution in [1.29, 1.82) is 0 Å². The fourth-order valence-corrected chi connectivity index (χ4v) is 6.35. The smallest absolute Gasteiger partial charge is 0.346 e. The van der Waals surface area contributed by atoms with E-state index in [1.165, 1.54) is 10.4 Å². The maximum atomic E-state index is 13.7. The molecule has 1 atom stereocenters. The number of rotatable bonds is 11. The molecule has 0 saturated carbocycles. The van der Waals surface area contributed by atoms with Gasteiger partial charge in [-0.05, 0) is 79.3 Å². The van der Waals surface area contributed by atoms with Crippen LogP contribution in [0.3, 0.4) is 0 Å². The third-order valence-electron chi connectivity index (χ3n) is 7.98. The summed E-state index contributed by atoms with van der Waals surface area (Å²) in [4.78, 5) is 41.3. The van der Waals surface area contributed by atoms with Crippen molar-refractivity contribution in [2.45, 2.75) is 78.6 Å². The van der Waals surface area contributed by atoms with Crippen LogP contribution in [0.1, 0.15) is 72.2 Å². The van der Waals surface area contributed by atoms with Gasteiger partial charge in [-0.25, -0.2) is 14.2 Å². The number of aromatic nitrogens is 2. The number of ether oxygens (including phenoxy) is 1. The number of fused-ring (bicyclic) bond motifs is 1. The van der Waals surface area contributed by atoms with Gasteiger partial charge < -0.3 is 25.8 Å². The second-order valence-corrected chi connectivity index (χ2v) is 14.7. The molecule has 0 bridgehead atoms. The molecular weight excluding hydrogens is 639 g/mol. The van der Waals surface area contributed by atoms with Crippen LogP contribution in [0.15, 0.2) is 85.2 Å². The summed E-state index contributed by atoms with van der Waals surface area (Å²) in [6, 6.07) is 20.0. The van der Waals surface area contributed by atoms with Gasteiger partial charge in [0.05, 0.1) is 18.2 Å². The van der Waals surface area contributed by atoms with Gasteiger partial charge >= 0.3 is 17.0 Å². The van der Waals surface area contributed by atoms with Gasteiger partial charge in [-0.15, -0.1) is 0 Å². The second kappa shape index (κ2) is 14.9. The van der Waals surface area contributed by atoms with E-state index in [0.29, 0.717) is 17.8 Å². The lowest BCUT2D eigenvalue weighted by Crippen LogP contribution is -2.49. The van der Waals surface area contributed by atoms with Gasteiger partial charge in [0.2, 0.25) is 5.91 Å². The number of aromatic hydroxyl groups is 1. The Bertz CT molecular complexity index is 1920. The zero-order chi connectivity index (χ0) is 35.3. The number of phenolic OH excluding ortho intramolecular Hbond substituents is 1. The van der Waals surface area contributed by atoms with Crippen molar-refractivity contribution in [3.05, 3.63) is 118 Å². The van der Waals surface area contributed by atoms with Crippen LogP contribution in [-0.2, 0) is 34.5 Å². The van der Waals surface area contributed by atoms with Crippen LogP contribution >= 0.6 is 11.3 Å². The van der Waals surface area contributed by atoms with Crippen LogP contribution in [0.2, 0.25) is 0 Å². The number of imidazole rings is 1. The topological polar surface area (TPSA) is 126 Å². The van der Waals surface area contributed by atoms with Crippen LogP contribution in [0.4, 0.5) is 10.5 Å². The molecule has 0 radical (unpaired) electrons. The Morgan fingerprint density at radius 1 is 0.918 bits per heavy atom. The van der Waals surface area contributed by atoms with Crippen molar-refractivity contribution in [2.24, 2.45) is 0 Å². The number of amides is 3. The first-order valence-electron chi connectivity index (χ1n) is 16.3. The highest BCUT2D eigenvalue weighted by atomic mass is 32.1. The van der Waals surface area contributed by atoms with Crippen LogP contribution in [0.25, 0.3) is 4.96 Å². The molecule has 11 heteroatoms. The van der Waals surface area contributed by atoms with Crippen molar-refractivity contribution < 1.29 is 28.6 Å². The average Bonchev–Trinajstić information content (AvgIpc) is 3.56. The van der Waals surface area contributed by atoms with Gasteiger partial charge in [-0.2, -0.15) is 4.40 Å². The summed E-state index contributed by atoms with van der Waals surface area (Å²) in [6.07, 6.45) is 4.05. The highest BCUT2D eigenvalue weighted by molar-refractivity contribution is 7.16. The zero-order valence-corrected chi connectivity index (χ0v) is 29.6. The first-order valence-corrected chi connectivity index (χ1v) is 17.1. The molecule has 0 saturated heterocycles. The normalized spacial score (nSPS) is 12.1. The monoisotopic (exact) mass is 682 g/mol. The van der Waals surface area contributed by atoms with Crippen molar-refractivity contribution in [2.75, 3.05) is 5.32 Å². The number of esters is 1. The summed E-state index contributed by atoms with van der Waals surface area (Å²) in [5, 5.41) is 18.4. The summed E-state index contributed by atoms with van der Waals surface area (Å²) < 4.78 is 9.51. The molecule has 49 heavy (non-hydrogen) atoms. The SMILES string of the molecule is Cc1c[n+]2cc(CNC(=O)[C@H](Cc3ccc(O)cc3)NC(=O)Nc3ccc(C(=O)OC(C)C)cc3)n(Cc3ccc(C(C)(C)C)cc3)c2s1. The molecule has 5 aromatic rings. The largest absolute Gasteiger partial charge is 0.508 e. The van der Waals surface area contributed by atoms with E-state index in [2.05, 4.69) is 83.1 Å². The van der Waals surface area contributed by atoms with E-state index in [1.54, 1.807) is 73.7 Å². The highest BCUT2D eigenvalue weighted by Gasteiger charge is 2.25.